The van der Waals surface area contributed by atoms with Gasteiger partial charge >= 0.3 is 0 Å². The molecule has 2 nitrogen and oxygen atoms in total. The summed E-state index contributed by atoms with van der Waals surface area (Å²) in [4.78, 5) is 0. The summed E-state index contributed by atoms with van der Waals surface area (Å²) < 4.78 is 11.2. The van der Waals surface area contributed by atoms with Crippen LogP contribution in [0.4, 0.5) is 0 Å². The smallest absolute Gasteiger partial charge is 0.160 e. The number of ether oxygens (including phenoxy) is 2. The van der Waals surface area contributed by atoms with Gasteiger partial charge in [-0.1, -0.05) is 20.8 Å². The first-order chi connectivity index (χ1) is 5.07. The molecule has 1 fully saturated rings. The summed E-state index contributed by atoms with van der Waals surface area (Å²) in [6.07, 6.45) is 1.04. The normalized spacial score (nSPS) is 38.5. The van der Waals surface area contributed by atoms with E-state index in [1.54, 1.807) is 0 Å². The van der Waals surface area contributed by atoms with Crippen LogP contribution in [0.3, 0.4) is 0 Å². The summed E-state index contributed by atoms with van der Waals surface area (Å²) in [6, 6.07) is 0. The molecule has 2 heteroatoms. The highest BCUT2D eigenvalue weighted by Crippen LogP contribution is 2.28. The molecule has 0 saturated carbocycles. The zero-order valence-electron chi connectivity index (χ0n) is 7.89. The molecular formula is C9H18O2. The SMILES string of the molecule is CCC1(C)COC(C(C)C)O1. The fraction of sp³-hybridized carbons (Fsp3) is 1.00. The molecule has 0 spiro atoms. The summed E-state index contributed by atoms with van der Waals surface area (Å²) in [6.45, 7) is 9.21. The average Bonchev–Trinajstić information content (AvgIpc) is 2.33. The first kappa shape index (κ1) is 9.01. The molecule has 11 heavy (non-hydrogen) atoms. The zero-order chi connectivity index (χ0) is 8.48. The molecule has 2 atom stereocenters. The second kappa shape index (κ2) is 3.11. The Bertz CT molecular complexity index is 134. The van der Waals surface area contributed by atoms with Crippen LogP contribution < -0.4 is 0 Å². The van der Waals surface area contributed by atoms with Crippen molar-refractivity contribution in [2.75, 3.05) is 6.61 Å². The third-order valence-electron chi connectivity index (χ3n) is 2.25. The van der Waals surface area contributed by atoms with Gasteiger partial charge in [0, 0.05) is 5.92 Å². The first-order valence-electron chi connectivity index (χ1n) is 4.37. The maximum Gasteiger partial charge on any atom is 0.160 e. The summed E-state index contributed by atoms with van der Waals surface area (Å²) in [5, 5.41) is 0. The second-order valence-electron chi connectivity index (χ2n) is 3.84. The van der Waals surface area contributed by atoms with Gasteiger partial charge in [-0.2, -0.15) is 0 Å². The van der Waals surface area contributed by atoms with Crippen molar-refractivity contribution in [1.29, 1.82) is 0 Å². The molecule has 0 aromatic heterocycles. The number of rotatable bonds is 2. The highest BCUT2D eigenvalue weighted by molar-refractivity contribution is 4.79. The van der Waals surface area contributed by atoms with Crippen LogP contribution in [0.2, 0.25) is 0 Å². The van der Waals surface area contributed by atoms with E-state index in [1.807, 2.05) is 0 Å². The zero-order valence-corrected chi connectivity index (χ0v) is 7.89. The number of hydrogen-bond acceptors (Lipinski definition) is 2. The minimum absolute atomic E-state index is 0.0138. The Kier molecular flexibility index (Phi) is 2.55. The van der Waals surface area contributed by atoms with Gasteiger partial charge in [0.15, 0.2) is 6.29 Å². The fourth-order valence-corrected chi connectivity index (χ4v) is 1.12. The minimum atomic E-state index is -0.0328. The minimum Gasteiger partial charge on any atom is -0.349 e. The van der Waals surface area contributed by atoms with E-state index in [9.17, 15) is 0 Å². The Labute approximate surface area is 68.9 Å². The number of hydrogen-bond donors (Lipinski definition) is 0. The van der Waals surface area contributed by atoms with Gasteiger partial charge in [0.1, 0.15) is 0 Å². The van der Waals surface area contributed by atoms with E-state index in [0.29, 0.717) is 5.92 Å². The van der Waals surface area contributed by atoms with Crippen molar-refractivity contribution < 1.29 is 9.47 Å². The van der Waals surface area contributed by atoms with E-state index in [1.165, 1.54) is 0 Å². The van der Waals surface area contributed by atoms with Gasteiger partial charge in [0.05, 0.1) is 12.2 Å². The third kappa shape index (κ3) is 1.94. The molecule has 1 saturated heterocycles. The highest BCUT2D eigenvalue weighted by Gasteiger charge is 2.36. The lowest BCUT2D eigenvalue weighted by Gasteiger charge is -2.21. The lowest BCUT2D eigenvalue weighted by atomic mass is 10.1. The molecule has 0 radical (unpaired) electrons. The topological polar surface area (TPSA) is 18.5 Å². The molecule has 0 aromatic carbocycles. The average molecular weight is 158 g/mol. The molecule has 0 aliphatic carbocycles. The van der Waals surface area contributed by atoms with Crippen molar-refractivity contribution in [3.05, 3.63) is 0 Å². The summed E-state index contributed by atoms with van der Waals surface area (Å²) >= 11 is 0. The molecule has 1 rings (SSSR count). The van der Waals surface area contributed by atoms with Gasteiger partial charge in [-0.15, -0.1) is 0 Å². The van der Waals surface area contributed by atoms with Crippen LogP contribution in [0.1, 0.15) is 34.1 Å². The Morgan fingerprint density at radius 1 is 1.55 bits per heavy atom. The van der Waals surface area contributed by atoms with Crippen LogP contribution in [0, 0.1) is 5.92 Å². The molecule has 1 aliphatic heterocycles. The van der Waals surface area contributed by atoms with Crippen molar-refractivity contribution >= 4 is 0 Å². The molecule has 1 aliphatic rings. The lowest BCUT2D eigenvalue weighted by molar-refractivity contribution is -0.110. The molecule has 0 N–H and O–H groups in total. The molecule has 0 aromatic rings. The molecule has 66 valence electrons. The predicted molar refractivity (Wildman–Crippen MR) is 44.4 cm³/mol. The quantitative estimate of drug-likeness (QED) is 0.613. The molecular weight excluding hydrogens is 140 g/mol. The van der Waals surface area contributed by atoms with Gasteiger partial charge in [-0.3, -0.25) is 0 Å². The summed E-state index contributed by atoms with van der Waals surface area (Å²) in [5.74, 6) is 0.461. The monoisotopic (exact) mass is 158 g/mol. The van der Waals surface area contributed by atoms with Crippen molar-refractivity contribution in [2.45, 2.75) is 46.0 Å². The van der Waals surface area contributed by atoms with Crippen LogP contribution >= 0.6 is 0 Å². The largest absolute Gasteiger partial charge is 0.349 e. The van der Waals surface area contributed by atoms with Crippen LogP contribution in [-0.2, 0) is 9.47 Å². The van der Waals surface area contributed by atoms with Crippen LogP contribution in [0.5, 0.6) is 0 Å². The standard InChI is InChI=1S/C9H18O2/c1-5-9(4)6-10-8(11-9)7(2)3/h7-8H,5-6H2,1-4H3. The van der Waals surface area contributed by atoms with E-state index in [2.05, 4.69) is 27.7 Å². The van der Waals surface area contributed by atoms with Crippen LogP contribution in [0.25, 0.3) is 0 Å². The third-order valence-corrected chi connectivity index (χ3v) is 2.25. The maximum atomic E-state index is 5.74. The van der Waals surface area contributed by atoms with Crippen molar-refractivity contribution in [2.24, 2.45) is 5.92 Å². The Hall–Kier alpha value is -0.0800. The Balaban J connectivity index is 2.46. The van der Waals surface area contributed by atoms with Crippen molar-refractivity contribution in [3.63, 3.8) is 0 Å². The summed E-state index contributed by atoms with van der Waals surface area (Å²) in [7, 11) is 0. The van der Waals surface area contributed by atoms with Crippen molar-refractivity contribution in [3.8, 4) is 0 Å². The van der Waals surface area contributed by atoms with Gasteiger partial charge < -0.3 is 9.47 Å². The highest BCUT2D eigenvalue weighted by atomic mass is 16.7. The fourth-order valence-electron chi connectivity index (χ4n) is 1.12. The second-order valence-corrected chi connectivity index (χ2v) is 3.84. The van der Waals surface area contributed by atoms with Crippen molar-refractivity contribution in [1.82, 2.24) is 0 Å². The molecule has 0 bridgehead atoms. The van der Waals surface area contributed by atoms with Gasteiger partial charge in [-0.05, 0) is 13.3 Å². The van der Waals surface area contributed by atoms with Crippen LogP contribution in [-0.4, -0.2) is 18.5 Å². The summed E-state index contributed by atoms with van der Waals surface area (Å²) in [5.41, 5.74) is -0.0328. The Morgan fingerprint density at radius 3 is 2.45 bits per heavy atom. The molecule has 0 amide bonds. The van der Waals surface area contributed by atoms with E-state index in [0.717, 1.165) is 13.0 Å². The van der Waals surface area contributed by atoms with E-state index < -0.39 is 0 Å². The first-order valence-corrected chi connectivity index (χ1v) is 4.37. The van der Waals surface area contributed by atoms with Gasteiger partial charge in [-0.25, -0.2) is 0 Å². The maximum absolute atomic E-state index is 5.74. The predicted octanol–water partition coefficient (Wildman–Crippen LogP) is 2.18. The van der Waals surface area contributed by atoms with E-state index in [4.69, 9.17) is 9.47 Å². The lowest BCUT2D eigenvalue weighted by Crippen LogP contribution is -2.27. The van der Waals surface area contributed by atoms with Crippen LogP contribution in [0.15, 0.2) is 0 Å². The molecule has 2 unspecified atom stereocenters. The van der Waals surface area contributed by atoms with Gasteiger partial charge in [0.2, 0.25) is 0 Å². The van der Waals surface area contributed by atoms with E-state index in [-0.39, 0.29) is 11.9 Å². The Morgan fingerprint density at radius 2 is 2.18 bits per heavy atom. The molecule has 1 heterocycles. The van der Waals surface area contributed by atoms with E-state index >= 15 is 0 Å². The van der Waals surface area contributed by atoms with Gasteiger partial charge in [0.25, 0.3) is 0 Å².